The van der Waals surface area contributed by atoms with Gasteiger partial charge in [0.1, 0.15) is 0 Å². The quantitative estimate of drug-likeness (QED) is 0.918. The number of hydrogen-bond acceptors (Lipinski definition) is 3. The first-order valence-electron chi connectivity index (χ1n) is 6.82. The Morgan fingerprint density at radius 3 is 2.58 bits per heavy atom. The van der Waals surface area contributed by atoms with Crippen molar-refractivity contribution in [2.45, 2.75) is 25.0 Å². The van der Waals surface area contributed by atoms with Crippen LogP contribution in [0, 0.1) is 6.92 Å². The van der Waals surface area contributed by atoms with Gasteiger partial charge >= 0.3 is 0 Å². The second-order valence-electron chi connectivity index (χ2n) is 5.05. The lowest BCUT2D eigenvalue weighted by atomic mass is 10.2. The summed E-state index contributed by atoms with van der Waals surface area (Å²) < 4.78 is 0. The van der Waals surface area contributed by atoms with Gasteiger partial charge in [0.05, 0.1) is 5.75 Å². The summed E-state index contributed by atoms with van der Waals surface area (Å²) in [5.74, 6) is 0.766. The molecule has 1 amide bonds. The minimum atomic E-state index is 0.187. The first-order chi connectivity index (χ1) is 9.16. The van der Waals surface area contributed by atoms with E-state index >= 15 is 0 Å². The van der Waals surface area contributed by atoms with Crippen molar-refractivity contribution < 1.29 is 4.79 Å². The number of benzene rings is 1. The van der Waals surface area contributed by atoms with Crippen molar-refractivity contribution in [1.82, 2.24) is 5.32 Å². The molecule has 0 aliphatic carbocycles. The Morgan fingerprint density at radius 2 is 1.95 bits per heavy atom. The van der Waals surface area contributed by atoms with Gasteiger partial charge in [-0.3, -0.25) is 4.79 Å². The fourth-order valence-corrected chi connectivity index (χ4v) is 3.30. The maximum Gasteiger partial charge on any atom is 0.236 e. The number of hydrogen-bond donors (Lipinski definition) is 1. The van der Waals surface area contributed by atoms with Crippen molar-refractivity contribution in [3.63, 3.8) is 0 Å². The molecule has 1 heterocycles. The number of aryl methyl sites for hydroxylation is 1. The molecule has 0 bridgehead atoms. The molecule has 0 spiro atoms. The lowest BCUT2D eigenvalue weighted by molar-refractivity contribution is -0.115. The van der Waals surface area contributed by atoms with Crippen LogP contribution in [0.1, 0.15) is 18.4 Å². The lowest BCUT2D eigenvalue weighted by Crippen LogP contribution is -2.32. The van der Waals surface area contributed by atoms with Gasteiger partial charge in [-0.05, 0) is 45.0 Å². The number of rotatable bonds is 4. The zero-order valence-electron chi connectivity index (χ0n) is 11.7. The first kappa shape index (κ1) is 14.4. The smallest absolute Gasteiger partial charge is 0.236 e. The maximum absolute atomic E-state index is 12.2. The molecule has 1 fully saturated rings. The molecule has 0 saturated carbocycles. The van der Waals surface area contributed by atoms with Gasteiger partial charge in [-0.15, -0.1) is 11.8 Å². The van der Waals surface area contributed by atoms with E-state index in [0.29, 0.717) is 11.0 Å². The molecule has 0 atom stereocenters. The number of carbonyl (C=O) groups is 1. The zero-order chi connectivity index (χ0) is 13.7. The summed E-state index contributed by atoms with van der Waals surface area (Å²) in [6.45, 7) is 4.22. The molecule has 1 N–H and O–H groups in total. The predicted molar refractivity (Wildman–Crippen MR) is 82.9 cm³/mol. The van der Waals surface area contributed by atoms with E-state index < -0.39 is 0 Å². The first-order valence-corrected chi connectivity index (χ1v) is 7.87. The van der Waals surface area contributed by atoms with E-state index in [2.05, 4.69) is 12.2 Å². The van der Waals surface area contributed by atoms with E-state index in [0.717, 1.165) is 18.8 Å². The van der Waals surface area contributed by atoms with Gasteiger partial charge < -0.3 is 10.2 Å². The summed E-state index contributed by atoms with van der Waals surface area (Å²) in [7, 11) is 1.86. The van der Waals surface area contributed by atoms with Gasteiger partial charge in [0, 0.05) is 18.0 Å². The van der Waals surface area contributed by atoms with Crippen LogP contribution in [-0.4, -0.2) is 37.0 Å². The van der Waals surface area contributed by atoms with E-state index in [9.17, 15) is 4.79 Å². The SMILES string of the molecule is Cc1ccc(N(C)C(=O)CSC2CCNCC2)cc1. The molecule has 1 aromatic carbocycles. The highest BCUT2D eigenvalue weighted by molar-refractivity contribution is 8.00. The largest absolute Gasteiger partial charge is 0.317 e. The van der Waals surface area contributed by atoms with Crippen LogP contribution in [-0.2, 0) is 4.79 Å². The van der Waals surface area contributed by atoms with Crippen LogP contribution in [0.15, 0.2) is 24.3 Å². The van der Waals surface area contributed by atoms with Gasteiger partial charge in [0.15, 0.2) is 0 Å². The highest BCUT2D eigenvalue weighted by Crippen LogP contribution is 2.21. The molecule has 0 radical (unpaired) electrons. The zero-order valence-corrected chi connectivity index (χ0v) is 12.5. The fourth-order valence-electron chi connectivity index (χ4n) is 2.16. The second kappa shape index (κ2) is 6.96. The average Bonchev–Trinajstić information content (AvgIpc) is 2.46. The van der Waals surface area contributed by atoms with Gasteiger partial charge in [-0.1, -0.05) is 17.7 Å². The normalized spacial score (nSPS) is 16.3. The molecule has 1 aliphatic heterocycles. The summed E-state index contributed by atoms with van der Waals surface area (Å²) in [6.07, 6.45) is 2.35. The molecule has 0 aromatic heterocycles. The average molecular weight is 278 g/mol. The summed E-state index contributed by atoms with van der Waals surface area (Å²) in [5.41, 5.74) is 2.19. The number of nitrogens with zero attached hydrogens (tertiary/aromatic N) is 1. The number of nitrogens with one attached hydrogen (secondary N) is 1. The van der Waals surface area contributed by atoms with E-state index in [1.165, 1.54) is 18.4 Å². The molecular weight excluding hydrogens is 256 g/mol. The maximum atomic E-state index is 12.2. The molecule has 1 aromatic rings. The number of carbonyl (C=O) groups excluding carboxylic acids is 1. The van der Waals surface area contributed by atoms with Gasteiger partial charge in [-0.25, -0.2) is 0 Å². The second-order valence-corrected chi connectivity index (χ2v) is 6.34. The van der Waals surface area contributed by atoms with E-state index in [1.54, 1.807) is 16.7 Å². The van der Waals surface area contributed by atoms with Crippen molar-refractivity contribution in [2.24, 2.45) is 0 Å². The highest BCUT2D eigenvalue weighted by atomic mass is 32.2. The van der Waals surface area contributed by atoms with E-state index in [1.807, 2.05) is 31.3 Å². The molecule has 19 heavy (non-hydrogen) atoms. The number of anilines is 1. The molecule has 1 aliphatic rings. The summed E-state index contributed by atoms with van der Waals surface area (Å²) in [5, 5.41) is 3.98. The fraction of sp³-hybridized carbons (Fsp3) is 0.533. The molecule has 1 saturated heterocycles. The predicted octanol–water partition coefficient (Wildman–Crippen LogP) is 2.44. The molecule has 0 unspecified atom stereocenters. The van der Waals surface area contributed by atoms with E-state index in [4.69, 9.17) is 0 Å². The van der Waals surface area contributed by atoms with Crippen molar-refractivity contribution in [3.05, 3.63) is 29.8 Å². The van der Waals surface area contributed by atoms with Crippen LogP contribution in [0.4, 0.5) is 5.69 Å². The van der Waals surface area contributed by atoms with Crippen LogP contribution in [0.5, 0.6) is 0 Å². The van der Waals surface area contributed by atoms with Gasteiger partial charge in [0.2, 0.25) is 5.91 Å². The number of amides is 1. The van der Waals surface area contributed by atoms with Gasteiger partial charge in [0.25, 0.3) is 0 Å². The third-order valence-corrected chi connectivity index (χ3v) is 4.88. The van der Waals surface area contributed by atoms with Gasteiger partial charge in [-0.2, -0.15) is 0 Å². The summed E-state index contributed by atoms with van der Waals surface area (Å²) in [6, 6.07) is 8.09. The number of thioether (sulfide) groups is 1. The minimum absolute atomic E-state index is 0.187. The van der Waals surface area contributed by atoms with Crippen molar-refractivity contribution in [2.75, 3.05) is 30.8 Å². The Hall–Kier alpha value is -1.00. The Morgan fingerprint density at radius 1 is 1.32 bits per heavy atom. The van der Waals surface area contributed by atoms with Crippen LogP contribution >= 0.6 is 11.8 Å². The topological polar surface area (TPSA) is 32.3 Å². The Kier molecular flexibility index (Phi) is 5.28. The molecule has 4 heteroatoms. The molecule has 104 valence electrons. The number of piperidine rings is 1. The molecule has 3 nitrogen and oxygen atoms in total. The highest BCUT2D eigenvalue weighted by Gasteiger charge is 2.17. The lowest BCUT2D eigenvalue weighted by Gasteiger charge is -2.23. The minimum Gasteiger partial charge on any atom is -0.317 e. The Balaban J connectivity index is 1.83. The van der Waals surface area contributed by atoms with Crippen molar-refractivity contribution in [3.8, 4) is 0 Å². The van der Waals surface area contributed by atoms with Crippen LogP contribution in [0.25, 0.3) is 0 Å². The Labute approximate surface area is 119 Å². The summed E-state index contributed by atoms with van der Waals surface area (Å²) in [4.78, 5) is 13.9. The van der Waals surface area contributed by atoms with Crippen molar-refractivity contribution in [1.29, 1.82) is 0 Å². The molecule has 2 rings (SSSR count). The third kappa shape index (κ3) is 4.25. The standard InChI is InChI=1S/C15H22N2OS/c1-12-3-5-13(6-4-12)17(2)15(18)11-19-14-7-9-16-10-8-14/h3-6,14,16H,7-11H2,1-2H3. The van der Waals surface area contributed by atoms with Crippen LogP contribution < -0.4 is 10.2 Å². The van der Waals surface area contributed by atoms with E-state index in [-0.39, 0.29) is 5.91 Å². The van der Waals surface area contributed by atoms with Crippen molar-refractivity contribution >= 4 is 23.4 Å². The third-order valence-electron chi connectivity index (χ3n) is 3.52. The monoisotopic (exact) mass is 278 g/mol. The Bertz CT molecular complexity index is 413. The van der Waals surface area contributed by atoms with Crippen LogP contribution in [0.2, 0.25) is 0 Å². The summed E-state index contributed by atoms with van der Waals surface area (Å²) >= 11 is 1.80. The molecular formula is C15H22N2OS. The van der Waals surface area contributed by atoms with Crippen LogP contribution in [0.3, 0.4) is 0 Å².